The summed E-state index contributed by atoms with van der Waals surface area (Å²) < 4.78 is 11.6. The minimum atomic E-state index is -0.349. The van der Waals surface area contributed by atoms with Crippen molar-refractivity contribution in [3.05, 3.63) is 23.9 Å². The summed E-state index contributed by atoms with van der Waals surface area (Å²) in [5.74, 6) is 0.853. The fourth-order valence-corrected chi connectivity index (χ4v) is 4.02. The number of hydrogen-bond acceptors (Lipinski definition) is 6. The molecule has 1 aliphatic carbocycles. The molecule has 1 aliphatic heterocycles. The number of aromatic nitrogens is 1. The molecule has 0 atom stereocenters. The molecule has 6 heteroatoms. The Morgan fingerprint density at radius 3 is 2.44 bits per heavy atom. The summed E-state index contributed by atoms with van der Waals surface area (Å²) in [7, 11) is 0. The Morgan fingerprint density at radius 2 is 1.89 bits per heavy atom. The molecule has 1 aromatic heterocycles. The van der Waals surface area contributed by atoms with Gasteiger partial charge in [-0.25, -0.2) is 4.98 Å². The summed E-state index contributed by atoms with van der Waals surface area (Å²) in [6, 6.07) is 3.71. The molecule has 1 saturated heterocycles. The normalized spacial score (nSPS) is 26.6. The number of carbonyl (C=O) groups excluding carboxylic acids is 2. The molecule has 0 aromatic carbocycles. The molecule has 0 spiro atoms. The molecule has 2 heterocycles. The van der Waals surface area contributed by atoms with E-state index >= 15 is 0 Å². The zero-order valence-electron chi connectivity index (χ0n) is 16.4. The Hall–Kier alpha value is -1.95. The zero-order chi connectivity index (χ0) is 19.3. The lowest BCUT2D eigenvalue weighted by molar-refractivity contribution is -0.159. The third-order valence-electron chi connectivity index (χ3n) is 5.86. The lowest BCUT2D eigenvalue weighted by Gasteiger charge is -2.38. The number of esters is 1. The Kier molecular flexibility index (Phi) is 6.47. The number of pyridine rings is 1. The largest absolute Gasteiger partial charge is 0.466 e. The molecule has 3 rings (SSSR count). The minimum absolute atomic E-state index is 0.0649. The van der Waals surface area contributed by atoms with Gasteiger partial charge >= 0.3 is 5.97 Å². The maximum absolute atomic E-state index is 12.1. The molecule has 2 aliphatic rings. The SMILES string of the molecule is CCOC(=O)C1(C)CCC(OC2CCN(c3ccc(C=O)cn3)CC2)CC1. The van der Waals surface area contributed by atoms with Crippen LogP contribution in [0.1, 0.15) is 62.7 Å². The first kappa shape index (κ1) is 19.8. The maximum atomic E-state index is 12.1. The van der Waals surface area contributed by atoms with Crippen LogP contribution in [0.4, 0.5) is 5.82 Å². The highest BCUT2D eigenvalue weighted by Gasteiger charge is 2.39. The number of aldehydes is 1. The summed E-state index contributed by atoms with van der Waals surface area (Å²) in [5.41, 5.74) is 0.252. The smallest absolute Gasteiger partial charge is 0.311 e. The van der Waals surface area contributed by atoms with Crippen molar-refractivity contribution in [1.29, 1.82) is 0 Å². The second-order valence-corrected chi connectivity index (χ2v) is 7.87. The average Bonchev–Trinajstić information content (AvgIpc) is 2.71. The molecule has 2 fully saturated rings. The molecule has 0 amide bonds. The van der Waals surface area contributed by atoms with Crippen LogP contribution in [-0.2, 0) is 14.3 Å². The van der Waals surface area contributed by atoms with Gasteiger partial charge in [-0.05, 0) is 64.5 Å². The molecule has 0 radical (unpaired) electrons. The second-order valence-electron chi connectivity index (χ2n) is 7.87. The van der Waals surface area contributed by atoms with Crippen LogP contribution in [0.25, 0.3) is 0 Å². The van der Waals surface area contributed by atoms with Crippen molar-refractivity contribution < 1.29 is 19.1 Å². The first-order valence-corrected chi connectivity index (χ1v) is 10.0. The van der Waals surface area contributed by atoms with Gasteiger partial charge in [0.05, 0.1) is 24.2 Å². The fourth-order valence-electron chi connectivity index (χ4n) is 4.02. The topological polar surface area (TPSA) is 68.7 Å². The third-order valence-corrected chi connectivity index (χ3v) is 5.86. The van der Waals surface area contributed by atoms with Crippen LogP contribution in [0.5, 0.6) is 0 Å². The van der Waals surface area contributed by atoms with E-state index in [0.717, 1.165) is 63.7 Å². The number of piperidine rings is 1. The number of ether oxygens (including phenoxy) is 2. The Labute approximate surface area is 161 Å². The van der Waals surface area contributed by atoms with Crippen LogP contribution >= 0.6 is 0 Å². The van der Waals surface area contributed by atoms with Gasteiger partial charge in [0.2, 0.25) is 0 Å². The van der Waals surface area contributed by atoms with E-state index < -0.39 is 0 Å². The van der Waals surface area contributed by atoms with Crippen molar-refractivity contribution in [2.24, 2.45) is 5.41 Å². The van der Waals surface area contributed by atoms with Crippen molar-refractivity contribution in [2.45, 2.75) is 64.6 Å². The predicted octanol–water partition coefficient (Wildman–Crippen LogP) is 3.39. The highest BCUT2D eigenvalue weighted by Crippen LogP contribution is 2.39. The number of anilines is 1. The average molecular weight is 374 g/mol. The summed E-state index contributed by atoms with van der Waals surface area (Å²) >= 11 is 0. The second kappa shape index (κ2) is 8.83. The molecular weight excluding hydrogens is 344 g/mol. The van der Waals surface area contributed by atoms with E-state index in [9.17, 15) is 9.59 Å². The number of hydrogen-bond donors (Lipinski definition) is 0. The summed E-state index contributed by atoms with van der Waals surface area (Å²) in [6.45, 7) is 6.13. The molecule has 0 bridgehead atoms. The van der Waals surface area contributed by atoms with Gasteiger partial charge in [-0.3, -0.25) is 9.59 Å². The van der Waals surface area contributed by atoms with Crippen molar-refractivity contribution in [2.75, 3.05) is 24.6 Å². The molecule has 1 aromatic rings. The highest BCUT2D eigenvalue weighted by atomic mass is 16.5. The van der Waals surface area contributed by atoms with Gasteiger partial charge in [0.1, 0.15) is 5.82 Å². The van der Waals surface area contributed by atoms with Gasteiger partial charge in [-0.1, -0.05) is 0 Å². The van der Waals surface area contributed by atoms with E-state index in [1.807, 2.05) is 19.9 Å². The standard InChI is InChI=1S/C21H30N2O4/c1-3-26-20(25)21(2)10-6-17(7-11-21)27-18-8-12-23(13-9-18)19-5-4-16(15-24)14-22-19/h4-5,14-15,17-18H,3,6-13H2,1-2H3. The van der Waals surface area contributed by atoms with Crippen LogP contribution in [0, 0.1) is 5.41 Å². The molecule has 27 heavy (non-hydrogen) atoms. The van der Waals surface area contributed by atoms with Gasteiger partial charge < -0.3 is 14.4 Å². The van der Waals surface area contributed by atoms with Crippen LogP contribution in [-0.4, -0.2) is 49.1 Å². The van der Waals surface area contributed by atoms with Gasteiger partial charge in [0, 0.05) is 24.8 Å². The van der Waals surface area contributed by atoms with Crippen LogP contribution in [0.2, 0.25) is 0 Å². The quantitative estimate of drug-likeness (QED) is 0.562. The monoisotopic (exact) mass is 374 g/mol. The van der Waals surface area contributed by atoms with E-state index in [4.69, 9.17) is 9.47 Å². The van der Waals surface area contributed by atoms with Crippen molar-refractivity contribution in [3.8, 4) is 0 Å². The lowest BCUT2D eigenvalue weighted by Crippen LogP contribution is -2.41. The molecule has 6 nitrogen and oxygen atoms in total. The van der Waals surface area contributed by atoms with Crippen LogP contribution in [0.3, 0.4) is 0 Å². The van der Waals surface area contributed by atoms with Crippen molar-refractivity contribution in [1.82, 2.24) is 4.98 Å². The summed E-state index contributed by atoms with van der Waals surface area (Å²) in [5, 5.41) is 0. The highest BCUT2D eigenvalue weighted by molar-refractivity contribution is 5.76. The van der Waals surface area contributed by atoms with Gasteiger partial charge in [-0.2, -0.15) is 0 Å². The minimum Gasteiger partial charge on any atom is -0.466 e. The van der Waals surface area contributed by atoms with Crippen LogP contribution in [0.15, 0.2) is 18.3 Å². The fraction of sp³-hybridized carbons (Fsp3) is 0.667. The lowest BCUT2D eigenvalue weighted by atomic mass is 9.74. The van der Waals surface area contributed by atoms with Crippen molar-refractivity contribution in [3.63, 3.8) is 0 Å². The third kappa shape index (κ3) is 4.86. The Morgan fingerprint density at radius 1 is 1.22 bits per heavy atom. The van der Waals surface area contributed by atoms with E-state index in [1.54, 1.807) is 12.3 Å². The summed E-state index contributed by atoms with van der Waals surface area (Å²) in [4.78, 5) is 29.5. The van der Waals surface area contributed by atoms with E-state index in [1.165, 1.54) is 0 Å². The number of nitrogens with zero attached hydrogens (tertiary/aromatic N) is 2. The first-order chi connectivity index (χ1) is 13.0. The van der Waals surface area contributed by atoms with E-state index in [-0.39, 0.29) is 23.6 Å². The molecule has 1 saturated carbocycles. The number of carbonyl (C=O) groups is 2. The maximum Gasteiger partial charge on any atom is 0.311 e. The van der Waals surface area contributed by atoms with Gasteiger partial charge in [0.25, 0.3) is 0 Å². The Bertz CT molecular complexity index is 630. The zero-order valence-corrected chi connectivity index (χ0v) is 16.4. The van der Waals surface area contributed by atoms with Crippen LogP contribution < -0.4 is 4.90 Å². The Balaban J connectivity index is 1.43. The molecular formula is C21H30N2O4. The molecule has 148 valence electrons. The van der Waals surface area contributed by atoms with E-state index in [2.05, 4.69) is 9.88 Å². The molecule has 0 N–H and O–H groups in total. The predicted molar refractivity (Wildman–Crippen MR) is 103 cm³/mol. The first-order valence-electron chi connectivity index (χ1n) is 10.0. The van der Waals surface area contributed by atoms with Gasteiger partial charge in [0.15, 0.2) is 6.29 Å². The molecule has 0 unspecified atom stereocenters. The van der Waals surface area contributed by atoms with Gasteiger partial charge in [-0.15, -0.1) is 0 Å². The van der Waals surface area contributed by atoms with Crippen molar-refractivity contribution >= 4 is 18.1 Å². The summed E-state index contributed by atoms with van der Waals surface area (Å²) in [6.07, 6.45) is 8.41. The number of rotatable bonds is 6. The van der Waals surface area contributed by atoms with E-state index in [0.29, 0.717) is 12.2 Å².